The molecule has 94 valence electrons. The van der Waals surface area contributed by atoms with Gasteiger partial charge < -0.3 is 10.6 Å². The van der Waals surface area contributed by atoms with Crippen molar-refractivity contribution >= 4 is 17.5 Å². The van der Waals surface area contributed by atoms with Gasteiger partial charge in [-0.05, 0) is 31.3 Å². The second kappa shape index (κ2) is 5.95. The third-order valence-corrected chi connectivity index (χ3v) is 3.87. The predicted molar refractivity (Wildman–Crippen MR) is 70.0 cm³/mol. The van der Waals surface area contributed by atoms with Crippen molar-refractivity contribution in [3.05, 3.63) is 10.6 Å². The number of aromatic nitrogens is 2. The molecule has 1 fully saturated rings. The summed E-state index contributed by atoms with van der Waals surface area (Å²) in [5.41, 5.74) is 6.98. The Bertz CT molecular complexity index is 379. The summed E-state index contributed by atoms with van der Waals surface area (Å²) >= 11 is 1.40. The lowest BCUT2D eigenvalue weighted by atomic mass is 10.2. The summed E-state index contributed by atoms with van der Waals surface area (Å²) in [6.07, 6.45) is 5.05. The Kier molecular flexibility index (Phi) is 4.30. The molecule has 1 aliphatic rings. The number of aryl methyl sites for hydroxylation is 1. The molecule has 0 spiro atoms. The Morgan fingerprint density at radius 2 is 2.06 bits per heavy atom. The van der Waals surface area contributed by atoms with Gasteiger partial charge in [-0.25, -0.2) is 4.99 Å². The van der Waals surface area contributed by atoms with Crippen LogP contribution in [0.1, 0.15) is 36.3 Å². The van der Waals surface area contributed by atoms with Crippen molar-refractivity contribution in [3.8, 4) is 0 Å². The highest BCUT2D eigenvalue weighted by Gasteiger charge is 2.11. The molecule has 0 unspecified atom stereocenters. The molecule has 0 atom stereocenters. The molecule has 2 N–H and O–H groups in total. The van der Waals surface area contributed by atoms with Crippen LogP contribution in [-0.4, -0.2) is 33.5 Å². The number of hydrogen-bond acceptors (Lipinski definition) is 4. The van der Waals surface area contributed by atoms with Gasteiger partial charge in [-0.2, -0.15) is 0 Å². The third-order valence-electron chi connectivity index (χ3n) is 3.06. The van der Waals surface area contributed by atoms with E-state index in [0.29, 0.717) is 12.5 Å². The largest absolute Gasteiger partial charge is 0.370 e. The van der Waals surface area contributed by atoms with Gasteiger partial charge in [-0.15, -0.1) is 5.10 Å². The minimum Gasteiger partial charge on any atom is -0.370 e. The number of guanidine groups is 1. The number of nitrogens with two attached hydrogens (primary N) is 1. The van der Waals surface area contributed by atoms with Crippen molar-refractivity contribution in [1.82, 2.24) is 14.5 Å². The van der Waals surface area contributed by atoms with E-state index < -0.39 is 0 Å². The zero-order chi connectivity index (χ0) is 12.1. The van der Waals surface area contributed by atoms with Crippen LogP contribution in [0.3, 0.4) is 0 Å². The molecule has 0 aromatic carbocycles. The number of nitrogens with zero attached hydrogens (tertiary/aromatic N) is 4. The van der Waals surface area contributed by atoms with E-state index in [1.165, 1.54) is 37.2 Å². The van der Waals surface area contributed by atoms with Crippen molar-refractivity contribution in [3.63, 3.8) is 0 Å². The van der Waals surface area contributed by atoms with Crippen molar-refractivity contribution < 1.29 is 0 Å². The van der Waals surface area contributed by atoms with Crippen molar-refractivity contribution in [2.24, 2.45) is 10.7 Å². The predicted octanol–water partition coefficient (Wildman–Crippen LogP) is 1.54. The summed E-state index contributed by atoms with van der Waals surface area (Å²) in [6, 6.07) is 0. The fourth-order valence-electron chi connectivity index (χ4n) is 1.95. The second-order valence-corrected chi connectivity index (χ2v) is 5.20. The Morgan fingerprint density at radius 3 is 2.65 bits per heavy atom. The molecule has 6 heteroatoms. The van der Waals surface area contributed by atoms with E-state index in [4.69, 9.17) is 5.73 Å². The van der Waals surface area contributed by atoms with Crippen LogP contribution in [0.25, 0.3) is 0 Å². The van der Waals surface area contributed by atoms with E-state index in [9.17, 15) is 0 Å². The molecule has 1 aromatic heterocycles. The van der Waals surface area contributed by atoms with Crippen LogP contribution in [0.4, 0.5) is 0 Å². The van der Waals surface area contributed by atoms with Gasteiger partial charge >= 0.3 is 0 Å². The number of aliphatic imine (C=N–C) groups is 1. The SMILES string of the molecule is Cc1nnsc1CN=C(N)N1CCCCCC1. The summed E-state index contributed by atoms with van der Waals surface area (Å²) in [4.78, 5) is 7.73. The number of likely N-dealkylation sites (tertiary alicyclic amines) is 1. The number of hydrogen-bond donors (Lipinski definition) is 1. The maximum atomic E-state index is 6.02. The average Bonchev–Trinajstić information content (AvgIpc) is 2.58. The van der Waals surface area contributed by atoms with E-state index in [1.54, 1.807) is 0 Å². The van der Waals surface area contributed by atoms with Crippen LogP contribution in [0.15, 0.2) is 4.99 Å². The molecule has 5 nitrogen and oxygen atoms in total. The molecule has 0 amide bonds. The molecular weight excluding hydrogens is 234 g/mol. The van der Waals surface area contributed by atoms with Gasteiger partial charge in [-0.3, -0.25) is 0 Å². The molecule has 0 saturated carbocycles. The summed E-state index contributed by atoms with van der Waals surface area (Å²) < 4.78 is 3.90. The minimum absolute atomic E-state index is 0.603. The standard InChI is InChI=1S/C11H19N5S/c1-9-10(17-15-14-9)8-13-11(12)16-6-4-2-3-5-7-16/h2-8H2,1H3,(H2,12,13). The topological polar surface area (TPSA) is 67.4 Å². The Hall–Kier alpha value is -1.17. The molecule has 1 saturated heterocycles. The minimum atomic E-state index is 0.603. The number of rotatable bonds is 2. The van der Waals surface area contributed by atoms with E-state index in [1.807, 2.05) is 6.92 Å². The Balaban J connectivity index is 1.94. The summed E-state index contributed by atoms with van der Waals surface area (Å²) in [5.74, 6) is 0.666. The molecule has 1 aliphatic heterocycles. The highest BCUT2D eigenvalue weighted by molar-refractivity contribution is 7.05. The molecule has 2 rings (SSSR count). The van der Waals surface area contributed by atoms with Gasteiger partial charge in [-0.1, -0.05) is 17.3 Å². The van der Waals surface area contributed by atoms with Crippen molar-refractivity contribution in [2.75, 3.05) is 13.1 Å². The average molecular weight is 253 g/mol. The summed E-state index contributed by atoms with van der Waals surface area (Å²) in [5, 5.41) is 3.97. The first-order valence-electron chi connectivity index (χ1n) is 6.10. The Morgan fingerprint density at radius 1 is 1.35 bits per heavy atom. The first-order chi connectivity index (χ1) is 8.27. The molecule has 2 heterocycles. The van der Waals surface area contributed by atoms with Gasteiger partial charge in [0, 0.05) is 13.1 Å². The summed E-state index contributed by atoms with van der Waals surface area (Å²) in [7, 11) is 0. The smallest absolute Gasteiger partial charge is 0.191 e. The van der Waals surface area contributed by atoms with Gasteiger partial charge in [0.1, 0.15) is 0 Å². The normalized spacial score (nSPS) is 18.2. The molecular formula is C11H19N5S. The van der Waals surface area contributed by atoms with Crippen LogP contribution >= 0.6 is 11.5 Å². The fourth-order valence-corrected chi connectivity index (χ4v) is 2.51. The molecule has 1 aromatic rings. The molecule has 0 radical (unpaired) electrons. The van der Waals surface area contributed by atoms with Gasteiger partial charge in [0.25, 0.3) is 0 Å². The monoisotopic (exact) mass is 253 g/mol. The molecule has 0 bridgehead atoms. The van der Waals surface area contributed by atoms with Crippen molar-refractivity contribution in [1.29, 1.82) is 0 Å². The zero-order valence-electron chi connectivity index (χ0n) is 10.2. The van der Waals surface area contributed by atoms with E-state index in [2.05, 4.69) is 19.5 Å². The fraction of sp³-hybridized carbons (Fsp3) is 0.727. The Labute approximate surface area is 106 Å². The van der Waals surface area contributed by atoms with Crippen LogP contribution < -0.4 is 5.73 Å². The maximum absolute atomic E-state index is 6.02. The lowest BCUT2D eigenvalue weighted by Crippen LogP contribution is -2.38. The highest BCUT2D eigenvalue weighted by Crippen LogP contribution is 2.12. The maximum Gasteiger partial charge on any atom is 0.191 e. The van der Waals surface area contributed by atoms with Crippen LogP contribution in [0.5, 0.6) is 0 Å². The van der Waals surface area contributed by atoms with E-state index in [-0.39, 0.29) is 0 Å². The van der Waals surface area contributed by atoms with E-state index in [0.717, 1.165) is 23.7 Å². The first-order valence-corrected chi connectivity index (χ1v) is 6.87. The second-order valence-electron chi connectivity index (χ2n) is 4.36. The van der Waals surface area contributed by atoms with E-state index >= 15 is 0 Å². The molecule has 17 heavy (non-hydrogen) atoms. The van der Waals surface area contributed by atoms with Gasteiger partial charge in [0.05, 0.1) is 17.1 Å². The lowest BCUT2D eigenvalue weighted by molar-refractivity contribution is 0.428. The first kappa shape index (κ1) is 12.3. The van der Waals surface area contributed by atoms with Crippen molar-refractivity contribution in [2.45, 2.75) is 39.2 Å². The highest BCUT2D eigenvalue weighted by atomic mass is 32.1. The third kappa shape index (κ3) is 3.39. The van der Waals surface area contributed by atoms with Gasteiger partial charge in [0.2, 0.25) is 0 Å². The van der Waals surface area contributed by atoms with Crippen LogP contribution in [0, 0.1) is 6.92 Å². The lowest BCUT2D eigenvalue weighted by Gasteiger charge is -2.20. The molecule has 0 aliphatic carbocycles. The van der Waals surface area contributed by atoms with Gasteiger partial charge in [0.15, 0.2) is 5.96 Å². The van der Waals surface area contributed by atoms with Crippen LogP contribution in [0.2, 0.25) is 0 Å². The van der Waals surface area contributed by atoms with Crippen LogP contribution in [-0.2, 0) is 6.54 Å². The summed E-state index contributed by atoms with van der Waals surface area (Å²) in [6.45, 7) is 4.63. The zero-order valence-corrected chi connectivity index (χ0v) is 11.0. The quantitative estimate of drug-likeness (QED) is 0.641.